The van der Waals surface area contributed by atoms with Crippen LogP contribution < -0.4 is 4.74 Å². The van der Waals surface area contributed by atoms with Gasteiger partial charge in [0.05, 0.1) is 12.5 Å². The second kappa shape index (κ2) is 5.23. The normalized spacial score (nSPS) is 15.4. The summed E-state index contributed by atoms with van der Waals surface area (Å²) in [5, 5.41) is 4.21. The number of benzene rings is 2. The molecule has 116 valence electrons. The van der Waals surface area contributed by atoms with Crippen molar-refractivity contribution >= 4 is 0 Å². The monoisotopic (exact) mass is 306 g/mol. The second-order valence-corrected chi connectivity index (χ2v) is 6.02. The van der Waals surface area contributed by atoms with E-state index in [-0.39, 0.29) is 5.41 Å². The second-order valence-electron chi connectivity index (χ2n) is 6.02. The van der Waals surface area contributed by atoms with Crippen LogP contribution in [0.25, 0.3) is 11.4 Å². The van der Waals surface area contributed by atoms with Gasteiger partial charge in [0, 0.05) is 11.1 Å². The van der Waals surface area contributed by atoms with E-state index < -0.39 is 0 Å². The Morgan fingerprint density at radius 3 is 2.52 bits per heavy atom. The van der Waals surface area contributed by atoms with Gasteiger partial charge in [0.1, 0.15) is 5.75 Å². The summed E-state index contributed by atoms with van der Waals surface area (Å²) in [6.07, 6.45) is 2.01. The number of methoxy groups -OCH3 is 1. The average molecular weight is 306 g/mol. The zero-order valence-corrected chi connectivity index (χ0v) is 13.2. The minimum absolute atomic E-state index is 0.194. The molecule has 0 amide bonds. The van der Waals surface area contributed by atoms with Crippen molar-refractivity contribution in [2.24, 2.45) is 0 Å². The Morgan fingerprint density at radius 1 is 1.04 bits per heavy atom. The van der Waals surface area contributed by atoms with Gasteiger partial charge in [0.2, 0.25) is 11.7 Å². The van der Waals surface area contributed by atoms with Crippen molar-refractivity contribution in [2.75, 3.05) is 7.11 Å². The van der Waals surface area contributed by atoms with Crippen LogP contribution in [0.1, 0.15) is 29.9 Å². The first kappa shape index (κ1) is 14.0. The number of aromatic nitrogens is 2. The lowest BCUT2D eigenvalue weighted by molar-refractivity contribution is 0.352. The highest BCUT2D eigenvalue weighted by molar-refractivity contribution is 5.59. The summed E-state index contributed by atoms with van der Waals surface area (Å²) < 4.78 is 11.2. The van der Waals surface area contributed by atoms with Gasteiger partial charge in [-0.25, -0.2) is 0 Å². The highest BCUT2D eigenvalue weighted by Crippen LogP contribution is 2.55. The predicted molar refractivity (Wildman–Crippen MR) is 87.5 cm³/mol. The number of aryl methyl sites for hydroxylation is 1. The molecule has 0 unspecified atom stereocenters. The zero-order valence-electron chi connectivity index (χ0n) is 13.2. The molecule has 4 heteroatoms. The van der Waals surface area contributed by atoms with Gasteiger partial charge in [-0.15, -0.1) is 0 Å². The van der Waals surface area contributed by atoms with Crippen LogP contribution in [0.3, 0.4) is 0 Å². The molecule has 4 rings (SSSR count). The van der Waals surface area contributed by atoms with E-state index in [0.717, 1.165) is 35.3 Å². The number of hydrogen-bond donors (Lipinski definition) is 0. The maximum atomic E-state index is 5.64. The van der Waals surface area contributed by atoms with Crippen molar-refractivity contribution in [1.82, 2.24) is 10.1 Å². The first-order chi connectivity index (χ1) is 11.2. The van der Waals surface area contributed by atoms with Crippen molar-refractivity contribution in [3.8, 4) is 17.1 Å². The van der Waals surface area contributed by atoms with Gasteiger partial charge < -0.3 is 9.26 Å². The summed E-state index contributed by atoms with van der Waals surface area (Å²) >= 11 is 0. The number of para-hydroxylation sites is 1. The van der Waals surface area contributed by atoms with E-state index in [0.29, 0.717) is 11.7 Å². The lowest BCUT2D eigenvalue weighted by Gasteiger charge is -2.14. The molecule has 1 aliphatic rings. The number of rotatable bonds is 4. The highest BCUT2D eigenvalue weighted by Gasteiger charge is 2.52. The largest absolute Gasteiger partial charge is 0.496 e. The van der Waals surface area contributed by atoms with Crippen molar-refractivity contribution in [3.63, 3.8) is 0 Å². The van der Waals surface area contributed by atoms with Crippen LogP contribution in [0.5, 0.6) is 5.75 Å². The molecule has 0 aliphatic heterocycles. The zero-order chi connectivity index (χ0) is 15.9. The Hall–Kier alpha value is -2.62. The minimum Gasteiger partial charge on any atom is -0.496 e. The standard InChI is InChI=1S/C19H18N2O2/c1-13-7-3-4-8-14(13)17-20-18(23-21-17)19(11-12-19)15-9-5-6-10-16(15)22-2/h3-10H,11-12H2,1-2H3. The summed E-state index contributed by atoms with van der Waals surface area (Å²) in [5.41, 5.74) is 3.09. The third-order valence-corrected chi connectivity index (χ3v) is 4.59. The third-order valence-electron chi connectivity index (χ3n) is 4.59. The van der Waals surface area contributed by atoms with Crippen LogP contribution in [-0.4, -0.2) is 17.3 Å². The van der Waals surface area contributed by atoms with E-state index in [1.165, 1.54) is 0 Å². The Bertz CT molecular complexity index is 850. The molecule has 0 saturated heterocycles. The summed E-state index contributed by atoms with van der Waals surface area (Å²) in [4.78, 5) is 4.69. The molecular weight excluding hydrogens is 288 g/mol. The van der Waals surface area contributed by atoms with E-state index in [2.05, 4.69) is 24.2 Å². The summed E-state index contributed by atoms with van der Waals surface area (Å²) in [7, 11) is 1.70. The van der Waals surface area contributed by atoms with Gasteiger partial charge in [-0.1, -0.05) is 47.6 Å². The molecule has 23 heavy (non-hydrogen) atoms. The molecule has 0 spiro atoms. The van der Waals surface area contributed by atoms with Crippen molar-refractivity contribution in [1.29, 1.82) is 0 Å². The fourth-order valence-electron chi connectivity index (χ4n) is 3.11. The van der Waals surface area contributed by atoms with Crippen molar-refractivity contribution in [2.45, 2.75) is 25.2 Å². The number of ether oxygens (including phenoxy) is 1. The smallest absolute Gasteiger partial charge is 0.237 e. The molecule has 1 saturated carbocycles. The van der Waals surface area contributed by atoms with E-state index in [9.17, 15) is 0 Å². The van der Waals surface area contributed by atoms with Crippen LogP contribution in [0.4, 0.5) is 0 Å². The van der Waals surface area contributed by atoms with Crippen LogP contribution in [0.15, 0.2) is 53.1 Å². The van der Waals surface area contributed by atoms with Crippen LogP contribution in [-0.2, 0) is 5.41 Å². The van der Waals surface area contributed by atoms with Gasteiger partial charge in [0.25, 0.3) is 0 Å². The fourth-order valence-corrected chi connectivity index (χ4v) is 3.11. The fraction of sp³-hybridized carbons (Fsp3) is 0.263. The van der Waals surface area contributed by atoms with Crippen LogP contribution in [0.2, 0.25) is 0 Å². The van der Waals surface area contributed by atoms with Gasteiger partial charge in [-0.05, 0) is 31.4 Å². The Kier molecular flexibility index (Phi) is 3.18. The Balaban J connectivity index is 1.76. The van der Waals surface area contributed by atoms with Crippen LogP contribution in [0, 0.1) is 6.92 Å². The molecule has 2 aromatic carbocycles. The number of nitrogens with zero attached hydrogens (tertiary/aromatic N) is 2. The topological polar surface area (TPSA) is 48.2 Å². The highest BCUT2D eigenvalue weighted by atomic mass is 16.5. The molecule has 0 N–H and O–H groups in total. The maximum absolute atomic E-state index is 5.64. The Labute approximate surface area is 135 Å². The predicted octanol–water partition coefficient (Wildman–Crippen LogP) is 4.13. The molecule has 1 aromatic heterocycles. The first-order valence-electron chi connectivity index (χ1n) is 7.78. The van der Waals surface area contributed by atoms with Crippen molar-refractivity contribution < 1.29 is 9.26 Å². The van der Waals surface area contributed by atoms with Crippen molar-refractivity contribution in [3.05, 3.63) is 65.5 Å². The molecule has 1 heterocycles. The third kappa shape index (κ3) is 2.22. The molecule has 0 radical (unpaired) electrons. The molecule has 0 atom stereocenters. The van der Waals surface area contributed by atoms with Crippen LogP contribution >= 0.6 is 0 Å². The number of hydrogen-bond acceptors (Lipinski definition) is 4. The lowest BCUT2D eigenvalue weighted by Crippen LogP contribution is -2.10. The van der Waals surface area contributed by atoms with Gasteiger partial charge in [-0.2, -0.15) is 4.98 Å². The van der Waals surface area contributed by atoms with E-state index in [1.54, 1.807) is 7.11 Å². The minimum atomic E-state index is -0.194. The molecule has 1 aliphatic carbocycles. The molecule has 0 bridgehead atoms. The van der Waals surface area contributed by atoms with E-state index in [1.807, 2.05) is 36.4 Å². The molecule has 4 nitrogen and oxygen atoms in total. The quantitative estimate of drug-likeness (QED) is 0.727. The molecule has 1 fully saturated rings. The summed E-state index contributed by atoms with van der Waals surface area (Å²) in [6.45, 7) is 2.05. The van der Waals surface area contributed by atoms with Gasteiger partial charge in [0.15, 0.2) is 0 Å². The first-order valence-corrected chi connectivity index (χ1v) is 7.78. The van der Waals surface area contributed by atoms with E-state index >= 15 is 0 Å². The summed E-state index contributed by atoms with van der Waals surface area (Å²) in [5.74, 6) is 2.21. The average Bonchev–Trinajstić information content (AvgIpc) is 3.25. The lowest BCUT2D eigenvalue weighted by atomic mass is 9.95. The SMILES string of the molecule is COc1ccccc1C1(c2nc(-c3ccccc3C)no2)CC1. The maximum Gasteiger partial charge on any atom is 0.237 e. The van der Waals surface area contributed by atoms with Gasteiger partial charge in [-0.3, -0.25) is 0 Å². The molecular formula is C19H18N2O2. The van der Waals surface area contributed by atoms with Gasteiger partial charge >= 0.3 is 0 Å². The Morgan fingerprint density at radius 2 is 1.78 bits per heavy atom. The van der Waals surface area contributed by atoms with E-state index in [4.69, 9.17) is 14.2 Å². The molecule has 3 aromatic rings. The summed E-state index contributed by atoms with van der Waals surface area (Å²) in [6, 6.07) is 16.1.